The summed E-state index contributed by atoms with van der Waals surface area (Å²) < 4.78 is 30.6. The normalized spacial score (nSPS) is 11.9. The summed E-state index contributed by atoms with van der Waals surface area (Å²) in [6.45, 7) is 3.98. The van der Waals surface area contributed by atoms with Crippen LogP contribution in [0.1, 0.15) is 16.7 Å². The van der Waals surface area contributed by atoms with Gasteiger partial charge in [-0.05, 0) is 56.3 Å². The van der Waals surface area contributed by atoms with Gasteiger partial charge in [0.05, 0.1) is 11.1 Å². The van der Waals surface area contributed by atoms with Crippen LogP contribution in [0.25, 0.3) is 17.0 Å². The van der Waals surface area contributed by atoms with Gasteiger partial charge in [0, 0.05) is 23.3 Å². The predicted octanol–water partition coefficient (Wildman–Crippen LogP) is 5.08. The molecule has 160 valence electrons. The Kier molecular flexibility index (Phi) is 6.19. The molecule has 5 heteroatoms. The average Bonchev–Trinajstić information content (AvgIpc) is 2.80. The molecule has 32 heavy (non-hydrogen) atoms. The SMILES string of the molecule is Cc1ccc(S(=O)(=O)N/C=C(/c2ccccc2)[n+]2ccccc2-c2cccc(C)c2)cc1. The van der Waals surface area contributed by atoms with Gasteiger partial charge in [-0.1, -0.05) is 53.6 Å². The minimum atomic E-state index is -3.71. The van der Waals surface area contributed by atoms with Crippen LogP contribution in [0.2, 0.25) is 0 Å². The fraction of sp³-hybridized carbons (Fsp3) is 0.0741. The highest BCUT2D eigenvalue weighted by Crippen LogP contribution is 2.20. The standard InChI is InChI=1S/C27H25N2O2S/c1-21-14-16-25(17-15-21)32(30,31)28-20-27(23-10-4-3-5-11-23)29-18-7-6-13-26(29)24-12-8-9-22(2)19-24/h3-20,28H,1-2H3/q+1/b27-20-. The second kappa shape index (κ2) is 9.20. The largest absolute Gasteiger partial charge is 0.280 e. The summed E-state index contributed by atoms with van der Waals surface area (Å²) in [5.41, 5.74) is 5.78. The fourth-order valence-corrected chi connectivity index (χ4v) is 4.41. The summed E-state index contributed by atoms with van der Waals surface area (Å²) in [6.07, 6.45) is 3.50. The van der Waals surface area contributed by atoms with Crippen molar-refractivity contribution in [1.29, 1.82) is 0 Å². The molecule has 0 radical (unpaired) electrons. The van der Waals surface area contributed by atoms with Crippen molar-refractivity contribution in [3.8, 4) is 11.3 Å². The Morgan fingerprint density at radius 3 is 2.22 bits per heavy atom. The molecule has 0 unspecified atom stereocenters. The highest BCUT2D eigenvalue weighted by atomic mass is 32.2. The lowest BCUT2D eigenvalue weighted by atomic mass is 10.1. The van der Waals surface area contributed by atoms with Gasteiger partial charge in [0.15, 0.2) is 6.20 Å². The van der Waals surface area contributed by atoms with Crippen LogP contribution in [-0.2, 0) is 10.0 Å². The number of hydrogen-bond donors (Lipinski definition) is 1. The monoisotopic (exact) mass is 441 g/mol. The molecule has 1 N–H and O–H groups in total. The molecule has 4 nitrogen and oxygen atoms in total. The molecule has 1 aromatic heterocycles. The Labute approximate surface area is 189 Å². The first-order valence-corrected chi connectivity index (χ1v) is 11.8. The summed E-state index contributed by atoms with van der Waals surface area (Å²) in [4.78, 5) is 0.226. The van der Waals surface area contributed by atoms with E-state index in [0.717, 1.165) is 33.6 Å². The zero-order valence-corrected chi connectivity index (χ0v) is 18.9. The van der Waals surface area contributed by atoms with E-state index in [1.54, 1.807) is 30.5 Å². The molecule has 1 heterocycles. The summed E-state index contributed by atoms with van der Waals surface area (Å²) in [7, 11) is -3.71. The van der Waals surface area contributed by atoms with Gasteiger partial charge in [-0.3, -0.25) is 4.72 Å². The zero-order valence-electron chi connectivity index (χ0n) is 18.1. The molecule has 0 aliphatic carbocycles. The Morgan fingerprint density at radius 1 is 0.781 bits per heavy atom. The van der Waals surface area contributed by atoms with Crippen molar-refractivity contribution < 1.29 is 13.0 Å². The summed E-state index contributed by atoms with van der Waals surface area (Å²) in [5, 5.41) is 0. The Balaban J connectivity index is 1.83. The number of hydrogen-bond acceptors (Lipinski definition) is 2. The van der Waals surface area contributed by atoms with E-state index in [0.29, 0.717) is 0 Å². The molecule has 0 aliphatic rings. The second-order valence-electron chi connectivity index (χ2n) is 7.66. The van der Waals surface area contributed by atoms with E-state index >= 15 is 0 Å². The molecular weight excluding hydrogens is 416 g/mol. The minimum absolute atomic E-state index is 0.226. The number of sulfonamides is 1. The fourth-order valence-electron chi connectivity index (χ4n) is 3.51. The molecule has 0 aliphatic heterocycles. The molecule has 0 saturated heterocycles. The van der Waals surface area contributed by atoms with Crippen molar-refractivity contribution in [2.75, 3.05) is 0 Å². The van der Waals surface area contributed by atoms with Crippen molar-refractivity contribution in [2.45, 2.75) is 18.7 Å². The van der Waals surface area contributed by atoms with Gasteiger partial charge >= 0.3 is 0 Å². The highest BCUT2D eigenvalue weighted by Gasteiger charge is 2.21. The van der Waals surface area contributed by atoms with Gasteiger partial charge in [0.1, 0.15) is 0 Å². The molecule has 0 atom stereocenters. The maximum Gasteiger partial charge on any atom is 0.261 e. The van der Waals surface area contributed by atoms with E-state index in [4.69, 9.17) is 0 Å². The van der Waals surface area contributed by atoms with Crippen LogP contribution in [0.15, 0.2) is 114 Å². The summed E-state index contributed by atoms with van der Waals surface area (Å²) in [5.74, 6) is 0. The molecule has 0 spiro atoms. The van der Waals surface area contributed by atoms with Crippen molar-refractivity contribution in [3.05, 3.63) is 126 Å². The Hall–Kier alpha value is -3.70. The number of aryl methyl sites for hydroxylation is 2. The van der Waals surface area contributed by atoms with Crippen molar-refractivity contribution >= 4 is 15.7 Å². The van der Waals surface area contributed by atoms with Gasteiger partial charge in [-0.25, -0.2) is 8.42 Å². The lowest BCUT2D eigenvalue weighted by Crippen LogP contribution is -2.36. The smallest absolute Gasteiger partial charge is 0.261 e. The second-order valence-corrected chi connectivity index (χ2v) is 9.37. The van der Waals surface area contributed by atoms with Crippen LogP contribution in [0.3, 0.4) is 0 Å². The molecule has 0 fully saturated rings. The topological polar surface area (TPSA) is 50.1 Å². The first-order valence-electron chi connectivity index (χ1n) is 10.4. The first-order chi connectivity index (χ1) is 15.4. The third-order valence-electron chi connectivity index (χ3n) is 5.18. The van der Waals surface area contributed by atoms with Gasteiger partial charge in [0.2, 0.25) is 11.4 Å². The molecular formula is C27H25N2O2S+. The highest BCUT2D eigenvalue weighted by molar-refractivity contribution is 7.89. The van der Waals surface area contributed by atoms with Crippen molar-refractivity contribution in [2.24, 2.45) is 0 Å². The zero-order chi connectivity index (χ0) is 22.6. The third kappa shape index (κ3) is 4.79. The van der Waals surface area contributed by atoms with Crippen LogP contribution in [-0.4, -0.2) is 8.42 Å². The molecule has 0 bridgehead atoms. The number of nitrogens with zero attached hydrogens (tertiary/aromatic N) is 1. The molecule has 4 rings (SSSR count). The molecule has 4 aromatic rings. The number of nitrogens with one attached hydrogen (secondary N) is 1. The maximum absolute atomic E-state index is 12.9. The number of rotatable bonds is 6. The van der Waals surface area contributed by atoms with E-state index in [2.05, 4.69) is 29.8 Å². The Morgan fingerprint density at radius 2 is 1.50 bits per heavy atom. The van der Waals surface area contributed by atoms with Crippen LogP contribution in [0, 0.1) is 13.8 Å². The minimum Gasteiger partial charge on any atom is -0.280 e. The van der Waals surface area contributed by atoms with E-state index in [1.807, 2.05) is 72.3 Å². The van der Waals surface area contributed by atoms with Gasteiger partial charge in [-0.2, -0.15) is 4.57 Å². The molecule has 0 amide bonds. The van der Waals surface area contributed by atoms with Crippen LogP contribution in [0.4, 0.5) is 0 Å². The lowest BCUT2D eigenvalue weighted by Gasteiger charge is -2.09. The number of aromatic nitrogens is 1. The molecule has 3 aromatic carbocycles. The van der Waals surface area contributed by atoms with Crippen molar-refractivity contribution in [1.82, 2.24) is 4.72 Å². The maximum atomic E-state index is 12.9. The lowest BCUT2D eigenvalue weighted by molar-refractivity contribution is -0.567. The van der Waals surface area contributed by atoms with Gasteiger partial charge < -0.3 is 0 Å². The predicted molar refractivity (Wildman–Crippen MR) is 128 cm³/mol. The van der Waals surface area contributed by atoms with Gasteiger partial charge in [-0.15, -0.1) is 0 Å². The van der Waals surface area contributed by atoms with Crippen LogP contribution in [0.5, 0.6) is 0 Å². The number of pyridine rings is 1. The van der Waals surface area contributed by atoms with E-state index < -0.39 is 10.0 Å². The van der Waals surface area contributed by atoms with E-state index in [1.165, 1.54) is 0 Å². The van der Waals surface area contributed by atoms with Gasteiger partial charge in [0.25, 0.3) is 10.0 Å². The average molecular weight is 442 g/mol. The summed E-state index contributed by atoms with van der Waals surface area (Å²) in [6, 6.07) is 30.7. The Bertz CT molecular complexity index is 1360. The first kappa shape index (κ1) is 21.5. The van der Waals surface area contributed by atoms with E-state index in [-0.39, 0.29) is 4.90 Å². The number of benzene rings is 3. The van der Waals surface area contributed by atoms with Crippen LogP contribution >= 0.6 is 0 Å². The van der Waals surface area contributed by atoms with Crippen LogP contribution < -0.4 is 9.29 Å². The molecule has 0 saturated carbocycles. The quantitative estimate of drug-likeness (QED) is 0.424. The van der Waals surface area contributed by atoms with E-state index in [9.17, 15) is 8.42 Å². The summed E-state index contributed by atoms with van der Waals surface area (Å²) >= 11 is 0. The third-order valence-corrected chi connectivity index (χ3v) is 6.51. The van der Waals surface area contributed by atoms with Crippen molar-refractivity contribution in [3.63, 3.8) is 0 Å².